The second-order valence-electron chi connectivity index (χ2n) is 7.15. The van der Waals surface area contributed by atoms with Crippen LogP contribution in [0.3, 0.4) is 0 Å². The Balaban J connectivity index is 1.78. The van der Waals surface area contributed by atoms with E-state index in [1.807, 2.05) is 0 Å². The number of rotatable bonds is 8. The molecule has 1 atom stereocenters. The van der Waals surface area contributed by atoms with Crippen molar-refractivity contribution in [3.8, 4) is 0 Å². The van der Waals surface area contributed by atoms with Gasteiger partial charge in [0.05, 0.1) is 10.8 Å². The lowest BCUT2D eigenvalue weighted by atomic mass is 10.1. The van der Waals surface area contributed by atoms with E-state index in [2.05, 4.69) is 19.2 Å². The number of nitrogens with one attached hydrogen (secondary N) is 1. The fraction of sp³-hybridized carbons (Fsp3) is 0.556. The van der Waals surface area contributed by atoms with Gasteiger partial charge in [-0.25, -0.2) is 13.6 Å². The van der Waals surface area contributed by atoms with E-state index in [1.165, 1.54) is 12.1 Å². The number of hydrogen-bond acceptors (Lipinski definition) is 4. The Morgan fingerprint density at radius 1 is 1.31 bits per heavy atom. The molecule has 26 heavy (non-hydrogen) atoms. The molecule has 1 heterocycles. The van der Waals surface area contributed by atoms with Crippen LogP contribution >= 0.6 is 0 Å². The minimum atomic E-state index is -3.69. The maximum Gasteiger partial charge on any atom is 0.238 e. The van der Waals surface area contributed by atoms with Crippen LogP contribution in [0.4, 0.5) is 0 Å². The van der Waals surface area contributed by atoms with Crippen LogP contribution in [0.1, 0.15) is 32.3 Å². The number of hydrogen-bond donors (Lipinski definition) is 2. The topological polar surface area (TPSA) is 110 Å². The number of nitrogens with two attached hydrogens (primary N) is 1. The summed E-state index contributed by atoms with van der Waals surface area (Å²) >= 11 is 0. The van der Waals surface area contributed by atoms with Crippen molar-refractivity contribution in [2.75, 3.05) is 19.6 Å². The van der Waals surface area contributed by atoms with E-state index in [4.69, 9.17) is 5.14 Å². The molecule has 1 aromatic carbocycles. The van der Waals surface area contributed by atoms with Crippen molar-refractivity contribution in [2.24, 2.45) is 17.0 Å². The number of carbonyl (C=O) groups is 2. The third kappa shape index (κ3) is 5.81. The first-order valence-corrected chi connectivity index (χ1v) is 10.4. The zero-order valence-electron chi connectivity index (χ0n) is 15.3. The lowest BCUT2D eigenvalue weighted by molar-refractivity contribution is -0.129. The number of amides is 2. The number of likely N-dealkylation sites (tertiary alicyclic amines) is 1. The zero-order valence-corrected chi connectivity index (χ0v) is 16.1. The van der Waals surface area contributed by atoms with E-state index in [0.29, 0.717) is 32.0 Å². The molecule has 8 heteroatoms. The molecule has 1 unspecified atom stereocenters. The van der Waals surface area contributed by atoms with Gasteiger partial charge in [-0.2, -0.15) is 0 Å². The van der Waals surface area contributed by atoms with Crippen molar-refractivity contribution >= 4 is 21.8 Å². The maximum absolute atomic E-state index is 12.3. The third-order valence-corrected chi connectivity index (χ3v) is 5.46. The summed E-state index contributed by atoms with van der Waals surface area (Å²) in [6, 6.07) is 6.26. The molecule has 7 nitrogen and oxygen atoms in total. The van der Waals surface area contributed by atoms with Crippen molar-refractivity contribution in [3.05, 3.63) is 29.8 Å². The summed E-state index contributed by atoms with van der Waals surface area (Å²) in [5.41, 5.74) is 0.902. The average Bonchev–Trinajstić information content (AvgIpc) is 2.93. The minimum Gasteiger partial charge on any atom is -0.355 e. The molecule has 1 aliphatic heterocycles. The Hall–Kier alpha value is -1.93. The van der Waals surface area contributed by atoms with Crippen LogP contribution in [0.5, 0.6) is 0 Å². The molecule has 1 aliphatic rings. The van der Waals surface area contributed by atoms with Gasteiger partial charge in [0.25, 0.3) is 0 Å². The Morgan fingerprint density at radius 3 is 2.54 bits per heavy atom. The third-order valence-electron chi connectivity index (χ3n) is 4.53. The molecule has 3 N–H and O–H groups in total. The van der Waals surface area contributed by atoms with Crippen molar-refractivity contribution < 1.29 is 18.0 Å². The standard InChI is InChI=1S/C18H27N3O4S/c1-13(2)8-10-21-12-15(11-17(21)22)18(23)20-9-7-14-3-5-16(6-4-14)26(19,24)25/h3-6,13,15H,7-12H2,1-2H3,(H,20,23)(H2,19,24,25). The Kier molecular flexibility index (Phi) is 6.77. The van der Waals surface area contributed by atoms with Gasteiger partial charge < -0.3 is 10.2 Å². The number of nitrogens with zero attached hydrogens (tertiary/aromatic N) is 1. The molecule has 1 fully saturated rings. The summed E-state index contributed by atoms with van der Waals surface area (Å²) in [5, 5.41) is 7.92. The van der Waals surface area contributed by atoms with E-state index < -0.39 is 10.0 Å². The fourth-order valence-electron chi connectivity index (χ4n) is 2.90. The normalized spacial score (nSPS) is 17.8. The first kappa shape index (κ1) is 20.4. The average molecular weight is 381 g/mol. The molecule has 1 saturated heterocycles. The Bertz CT molecular complexity index is 744. The molecule has 144 valence electrons. The van der Waals surface area contributed by atoms with Crippen LogP contribution in [-0.4, -0.2) is 44.8 Å². The Morgan fingerprint density at radius 2 is 1.96 bits per heavy atom. The fourth-order valence-corrected chi connectivity index (χ4v) is 3.41. The summed E-state index contributed by atoms with van der Waals surface area (Å²) in [6.45, 7) is 5.85. The van der Waals surface area contributed by atoms with Crippen molar-refractivity contribution in [1.82, 2.24) is 10.2 Å². The van der Waals surface area contributed by atoms with Gasteiger partial charge in [0.2, 0.25) is 21.8 Å². The van der Waals surface area contributed by atoms with Gasteiger partial charge in [-0.15, -0.1) is 0 Å². The predicted octanol–water partition coefficient (Wildman–Crippen LogP) is 0.887. The molecule has 0 spiro atoms. The molecule has 0 saturated carbocycles. The van der Waals surface area contributed by atoms with Gasteiger partial charge in [0, 0.05) is 26.1 Å². The molecular weight excluding hydrogens is 354 g/mol. The highest BCUT2D eigenvalue weighted by atomic mass is 32.2. The van der Waals surface area contributed by atoms with Crippen LogP contribution in [0, 0.1) is 11.8 Å². The van der Waals surface area contributed by atoms with Gasteiger partial charge in [0.1, 0.15) is 0 Å². The molecule has 0 radical (unpaired) electrons. The highest BCUT2D eigenvalue weighted by molar-refractivity contribution is 7.89. The predicted molar refractivity (Wildman–Crippen MR) is 98.7 cm³/mol. The summed E-state index contributed by atoms with van der Waals surface area (Å²) in [4.78, 5) is 26.1. The van der Waals surface area contributed by atoms with Crippen LogP contribution < -0.4 is 10.5 Å². The van der Waals surface area contributed by atoms with Crippen LogP contribution in [0.2, 0.25) is 0 Å². The summed E-state index contributed by atoms with van der Waals surface area (Å²) in [7, 11) is -3.69. The zero-order chi connectivity index (χ0) is 19.3. The van der Waals surface area contributed by atoms with Crippen molar-refractivity contribution in [3.63, 3.8) is 0 Å². The number of primary sulfonamides is 1. The maximum atomic E-state index is 12.3. The monoisotopic (exact) mass is 381 g/mol. The van der Waals surface area contributed by atoms with Gasteiger partial charge in [-0.05, 0) is 36.5 Å². The molecule has 2 rings (SSSR count). The Labute approximate surface area is 155 Å². The SMILES string of the molecule is CC(C)CCN1CC(C(=O)NCCc2ccc(S(N)(=O)=O)cc2)CC1=O. The number of benzene rings is 1. The van der Waals surface area contributed by atoms with E-state index in [0.717, 1.165) is 12.0 Å². The number of carbonyl (C=O) groups excluding carboxylic acids is 2. The lowest BCUT2D eigenvalue weighted by Crippen LogP contribution is -2.34. The van der Waals surface area contributed by atoms with Gasteiger partial charge in [-0.1, -0.05) is 26.0 Å². The van der Waals surface area contributed by atoms with E-state index >= 15 is 0 Å². The van der Waals surface area contributed by atoms with Crippen molar-refractivity contribution in [2.45, 2.75) is 38.0 Å². The van der Waals surface area contributed by atoms with Gasteiger partial charge in [-0.3, -0.25) is 9.59 Å². The quantitative estimate of drug-likeness (QED) is 0.697. The van der Waals surface area contributed by atoms with E-state index in [1.54, 1.807) is 17.0 Å². The minimum absolute atomic E-state index is 0.0457. The highest BCUT2D eigenvalue weighted by Crippen LogP contribution is 2.19. The first-order valence-electron chi connectivity index (χ1n) is 8.84. The smallest absolute Gasteiger partial charge is 0.238 e. The molecule has 2 amide bonds. The van der Waals surface area contributed by atoms with Crippen LogP contribution in [0.25, 0.3) is 0 Å². The number of sulfonamides is 1. The molecule has 0 aromatic heterocycles. The second kappa shape index (κ2) is 8.64. The van der Waals surface area contributed by atoms with Gasteiger partial charge in [0.15, 0.2) is 0 Å². The molecule has 0 aliphatic carbocycles. The largest absolute Gasteiger partial charge is 0.355 e. The summed E-state index contributed by atoms with van der Waals surface area (Å²) < 4.78 is 22.4. The molecular formula is C18H27N3O4S. The van der Waals surface area contributed by atoms with E-state index in [9.17, 15) is 18.0 Å². The lowest BCUT2D eigenvalue weighted by Gasteiger charge is -2.17. The molecule has 1 aromatic rings. The van der Waals surface area contributed by atoms with E-state index in [-0.39, 0.29) is 29.0 Å². The van der Waals surface area contributed by atoms with Crippen molar-refractivity contribution in [1.29, 1.82) is 0 Å². The molecule has 0 bridgehead atoms. The second-order valence-corrected chi connectivity index (χ2v) is 8.71. The summed E-state index contributed by atoms with van der Waals surface area (Å²) in [5.74, 6) is 0.173. The van der Waals surface area contributed by atoms with Crippen LogP contribution in [0.15, 0.2) is 29.2 Å². The summed E-state index contributed by atoms with van der Waals surface area (Å²) in [6.07, 6.45) is 1.79. The van der Waals surface area contributed by atoms with Crippen LogP contribution in [-0.2, 0) is 26.0 Å². The van der Waals surface area contributed by atoms with Gasteiger partial charge >= 0.3 is 0 Å². The highest BCUT2D eigenvalue weighted by Gasteiger charge is 2.33. The first-order chi connectivity index (χ1) is 12.2.